The Morgan fingerprint density at radius 1 is 1.10 bits per heavy atom. The molecule has 0 aliphatic heterocycles. The van der Waals surface area contributed by atoms with Crippen LogP contribution in [0.1, 0.15) is 27.9 Å². The average Bonchev–Trinajstić information content (AvgIpc) is 3.17. The lowest BCUT2D eigenvalue weighted by Crippen LogP contribution is -2.23. The molecule has 0 aliphatic rings. The number of aromatic nitrogens is 3. The van der Waals surface area contributed by atoms with Gasteiger partial charge in [0.2, 0.25) is 0 Å². The first-order valence-corrected chi connectivity index (χ1v) is 9.27. The van der Waals surface area contributed by atoms with Crippen LogP contribution in [0.4, 0.5) is 0 Å². The maximum atomic E-state index is 12.2. The van der Waals surface area contributed by atoms with Gasteiger partial charge >= 0.3 is 0 Å². The van der Waals surface area contributed by atoms with E-state index in [1.54, 1.807) is 26.4 Å². The monoisotopic (exact) mass is 387 g/mol. The fraction of sp³-hybridized carbons (Fsp3) is 0.182. The highest BCUT2D eigenvalue weighted by Gasteiger charge is 2.20. The molecule has 1 amide bonds. The Kier molecular flexibility index (Phi) is 5.05. The minimum atomic E-state index is -0.418. The Balaban J connectivity index is 1.67. The van der Waals surface area contributed by atoms with Crippen molar-refractivity contribution in [3.05, 3.63) is 77.9 Å². The maximum absolute atomic E-state index is 12.2. The number of nitrogens with two attached hydrogens (primary N) is 1. The van der Waals surface area contributed by atoms with Crippen molar-refractivity contribution in [3.8, 4) is 11.3 Å². The summed E-state index contributed by atoms with van der Waals surface area (Å²) in [6, 6.07) is 16.4. The van der Waals surface area contributed by atoms with E-state index in [0.717, 1.165) is 16.6 Å². The number of carbonyl (C=O) groups excluding carboxylic acids is 1. The molecular formula is C22H21N5O2. The summed E-state index contributed by atoms with van der Waals surface area (Å²) in [6.45, 7) is 0. The number of rotatable bonds is 5. The molecule has 3 heterocycles. The Morgan fingerprint density at radius 3 is 2.76 bits per heavy atom. The number of hydrogen-bond donors (Lipinski definition) is 1. The first-order valence-electron chi connectivity index (χ1n) is 9.27. The predicted octanol–water partition coefficient (Wildman–Crippen LogP) is 3.23. The van der Waals surface area contributed by atoms with Gasteiger partial charge in [-0.25, -0.2) is 4.98 Å². The zero-order chi connectivity index (χ0) is 20.4. The van der Waals surface area contributed by atoms with E-state index >= 15 is 0 Å². The second-order valence-electron chi connectivity index (χ2n) is 6.99. The summed E-state index contributed by atoms with van der Waals surface area (Å²) in [5.41, 5.74) is 10.6. The lowest BCUT2D eigenvalue weighted by atomic mass is 9.99. The zero-order valence-corrected chi connectivity index (χ0v) is 16.2. The van der Waals surface area contributed by atoms with E-state index in [1.807, 2.05) is 48.5 Å². The number of hydrogen-bond acceptors (Lipinski definition) is 6. The quantitative estimate of drug-likeness (QED) is 0.564. The largest absolute Gasteiger partial charge is 0.356 e. The van der Waals surface area contributed by atoms with Gasteiger partial charge in [-0.15, -0.1) is 0 Å². The van der Waals surface area contributed by atoms with E-state index in [4.69, 9.17) is 10.3 Å². The Morgan fingerprint density at radius 2 is 1.93 bits per heavy atom. The summed E-state index contributed by atoms with van der Waals surface area (Å²) in [5.74, 6) is -0.145. The van der Waals surface area contributed by atoms with Gasteiger partial charge in [0.1, 0.15) is 11.4 Å². The molecule has 0 unspecified atom stereocenters. The van der Waals surface area contributed by atoms with Crippen molar-refractivity contribution in [2.45, 2.75) is 12.5 Å². The maximum Gasteiger partial charge on any atom is 0.271 e. The Bertz CT molecular complexity index is 1170. The summed E-state index contributed by atoms with van der Waals surface area (Å²) in [5, 5.41) is 5.14. The molecule has 7 nitrogen and oxygen atoms in total. The summed E-state index contributed by atoms with van der Waals surface area (Å²) < 4.78 is 5.45. The molecule has 4 rings (SSSR count). The molecule has 0 bridgehead atoms. The third-order valence-electron chi connectivity index (χ3n) is 4.68. The smallest absolute Gasteiger partial charge is 0.271 e. The highest BCUT2D eigenvalue weighted by Crippen LogP contribution is 2.32. The van der Waals surface area contributed by atoms with Crippen LogP contribution in [0.3, 0.4) is 0 Å². The molecule has 3 aromatic heterocycles. The number of pyridine rings is 2. The van der Waals surface area contributed by atoms with Crippen molar-refractivity contribution in [2.24, 2.45) is 5.73 Å². The van der Waals surface area contributed by atoms with Gasteiger partial charge in [0.05, 0.1) is 11.7 Å². The van der Waals surface area contributed by atoms with Crippen molar-refractivity contribution in [1.82, 2.24) is 20.0 Å². The average molecular weight is 387 g/mol. The van der Waals surface area contributed by atoms with Gasteiger partial charge in [0.25, 0.3) is 5.91 Å². The highest BCUT2D eigenvalue weighted by molar-refractivity contribution is 5.92. The molecule has 146 valence electrons. The van der Waals surface area contributed by atoms with Gasteiger partial charge in [-0.05, 0) is 36.4 Å². The third kappa shape index (κ3) is 3.72. The van der Waals surface area contributed by atoms with Crippen molar-refractivity contribution >= 4 is 16.9 Å². The molecule has 1 aromatic carbocycles. The van der Waals surface area contributed by atoms with E-state index in [1.165, 1.54) is 4.90 Å². The summed E-state index contributed by atoms with van der Waals surface area (Å²) in [6.07, 6.45) is 2.15. The number of carbonyl (C=O) groups is 1. The van der Waals surface area contributed by atoms with E-state index in [2.05, 4.69) is 15.1 Å². The molecule has 4 aromatic rings. The van der Waals surface area contributed by atoms with Gasteiger partial charge in [-0.3, -0.25) is 9.78 Å². The van der Waals surface area contributed by atoms with Crippen LogP contribution in [-0.2, 0) is 6.42 Å². The Labute approximate surface area is 168 Å². The topological polar surface area (TPSA) is 98.1 Å². The summed E-state index contributed by atoms with van der Waals surface area (Å²) in [7, 11) is 3.40. The van der Waals surface area contributed by atoms with Crippen LogP contribution in [0.5, 0.6) is 0 Å². The molecule has 29 heavy (non-hydrogen) atoms. The zero-order valence-electron chi connectivity index (χ0n) is 16.2. The van der Waals surface area contributed by atoms with Crippen LogP contribution in [0.15, 0.2) is 65.3 Å². The van der Waals surface area contributed by atoms with Crippen LogP contribution >= 0.6 is 0 Å². The van der Waals surface area contributed by atoms with E-state index in [-0.39, 0.29) is 5.91 Å². The highest BCUT2D eigenvalue weighted by atomic mass is 16.5. The minimum absolute atomic E-state index is 0.145. The van der Waals surface area contributed by atoms with E-state index < -0.39 is 6.04 Å². The molecule has 0 saturated carbocycles. The van der Waals surface area contributed by atoms with Gasteiger partial charge in [-0.2, -0.15) is 0 Å². The number of para-hydroxylation sites is 1. The first kappa shape index (κ1) is 18.8. The summed E-state index contributed by atoms with van der Waals surface area (Å²) in [4.78, 5) is 22.7. The van der Waals surface area contributed by atoms with E-state index in [9.17, 15) is 4.79 Å². The predicted molar refractivity (Wildman–Crippen MR) is 110 cm³/mol. The third-order valence-corrected chi connectivity index (χ3v) is 4.68. The fourth-order valence-corrected chi connectivity index (χ4v) is 3.26. The number of amides is 1. The number of benzene rings is 1. The lowest BCUT2D eigenvalue weighted by molar-refractivity contribution is 0.0821. The van der Waals surface area contributed by atoms with Crippen LogP contribution in [-0.4, -0.2) is 40.0 Å². The normalized spacial score (nSPS) is 12.1. The van der Waals surface area contributed by atoms with Crippen LogP contribution in [0.2, 0.25) is 0 Å². The number of nitrogens with zero attached hydrogens (tertiary/aromatic N) is 4. The SMILES string of the molecule is CN(C)C(=O)c1cccc(C[C@H](N)c2ncccc2-c2noc3ccccc23)n1. The minimum Gasteiger partial charge on any atom is -0.356 e. The van der Waals surface area contributed by atoms with Gasteiger partial charge in [-0.1, -0.05) is 23.4 Å². The molecule has 1 atom stereocenters. The van der Waals surface area contributed by atoms with Crippen molar-refractivity contribution in [2.75, 3.05) is 14.1 Å². The Hall–Kier alpha value is -3.58. The van der Waals surface area contributed by atoms with Crippen molar-refractivity contribution in [1.29, 1.82) is 0 Å². The number of fused-ring (bicyclic) bond motifs is 1. The van der Waals surface area contributed by atoms with Gasteiger partial charge in [0, 0.05) is 43.4 Å². The molecular weight excluding hydrogens is 366 g/mol. The van der Waals surface area contributed by atoms with E-state index in [0.29, 0.717) is 29.1 Å². The molecule has 0 aliphatic carbocycles. The summed E-state index contributed by atoms with van der Waals surface area (Å²) >= 11 is 0. The fourth-order valence-electron chi connectivity index (χ4n) is 3.26. The molecule has 0 radical (unpaired) electrons. The van der Waals surface area contributed by atoms with Crippen molar-refractivity contribution in [3.63, 3.8) is 0 Å². The van der Waals surface area contributed by atoms with Crippen LogP contribution in [0, 0.1) is 0 Å². The second kappa shape index (κ2) is 7.81. The first-order chi connectivity index (χ1) is 14.0. The lowest BCUT2D eigenvalue weighted by Gasteiger charge is -2.15. The van der Waals surface area contributed by atoms with Gasteiger partial charge in [0.15, 0.2) is 5.58 Å². The standard InChI is InChI=1S/C22H21N5O2/c1-27(2)22(28)18-10-5-7-14(25-18)13-17(23)21-16(9-6-12-24-21)20-15-8-3-4-11-19(15)29-26-20/h3-12,17H,13,23H2,1-2H3/t17-/m0/s1. The second-order valence-corrected chi connectivity index (χ2v) is 6.99. The molecule has 0 fully saturated rings. The molecule has 2 N–H and O–H groups in total. The van der Waals surface area contributed by atoms with Gasteiger partial charge < -0.3 is 15.2 Å². The molecule has 0 spiro atoms. The molecule has 0 saturated heterocycles. The van der Waals surface area contributed by atoms with Crippen LogP contribution < -0.4 is 5.73 Å². The molecule has 7 heteroatoms. The van der Waals surface area contributed by atoms with Crippen LogP contribution in [0.25, 0.3) is 22.2 Å². The van der Waals surface area contributed by atoms with Crippen molar-refractivity contribution < 1.29 is 9.32 Å².